The number of hydrogen-bond acceptors (Lipinski definition) is 3. The molecule has 0 saturated heterocycles. The fourth-order valence-electron chi connectivity index (χ4n) is 1.37. The van der Waals surface area contributed by atoms with Gasteiger partial charge < -0.3 is 5.11 Å². The molecule has 0 radical (unpaired) electrons. The highest BCUT2D eigenvalue weighted by Crippen LogP contribution is 2.19. The van der Waals surface area contributed by atoms with Crippen LogP contribution in [0.2, 0.25) is 5.28 Å². The van der Waals surface area contributed by atoms with Gasteiger partial charge in [0.05, 0.1) is 5.52 Å². The number of carboxylic acid groups (broad SMARTS) is 1. The number of benzene rings is 1. The largest absolute Gasteiger partial charge is 0.476 e. The zero-order valence-electron chi connectivity index (χ0n) is 7.86. The molecule has 0 atom stereocenters. The highest BCUT2D eigenvalue weighted by molar-refractivity contribution is 6.29. The number of halogens is 1. The molecular formula is C10H7ClN2O2. The van der Waals surface area contributed by atoms with Crippen molar-refractivity contribution in [1.82, 2.24) is 9.97 Å². The van der Waals surface area contributed by atoms with Crippen molar-refractivity contribution in [1.29, 1.82) is 0 Å². The molecule has 0 aliphatic rings. The number of hydrogen-bond donors (Lipinski definition) is 1. The van der Waals surface area contributed by atoms with E-state index in [2.05, 4.69) is 9.97 Å². The smallest absolute Gasteiger partial charge is 0.355 e. The number of nitrogens with zero attached hydrogens (tertiary/aromatic N) is 2. The van der Waals surface area contributed by atoms with Crippen LogP contribution >= 0.6 is 11.6 Å². The monoisotopic (exact) mass is 222 g/mol. The number of aromatic carboxylic acids is 1. The lowest BCUT2D eigenvalue weighted by molar-refractivity contribution is 0.0692. The normalized spacial score (nSPS) is 10.5. The van der Waals surface area contributed by atoms with Crippen LogP contribution in [0.4, 0.5) is 0 Å². The first kappa shape index (κ1) is 9.86. The fourth-order valence-corrected chi connectivity index (χ4v) is 1.55. The van der Waals surface area contributed by atoms with Crippen LogP contribution in [0.5, 0.6) is 0 Å². The maximum atomic E-state index is 10.9. The highest BCUT2D eigenvalue weighted by atomic mass is 35.5. The molecule has 0 aliphatic heterocycles. The second-order valence-corrected chi connectivity index (χ2v) is 3.51. The minimum absolute atomic E-state index is 0.0505. The van der Waals surface area contributed by atoms with Crippen LogP contribution in [-0.2, 0) is 0 Å². The SMILES string of the molecule is Cc1ccc2c(C(=O)O)nc(Cl)nc2c1. The first-order valence-corrected chi connectivity index (χ1v) is 4.63. The van der Waals surface area contributed by atoms with Crippen molar-refractivity contribution < 1.29 is 9.90 Å². The van der Waals surface area contributed by atoms with Crippen molar-refractivity contribution in [3.05, 3.63) is 34.7 Å². The van der Waals surface area contributed by atoms with Gasteiger partial charge in [0.2, 0.25) is 5.28 Å². The van der Waals surface area contributed by atoms with Gasteiger partial charge in [0.25, 0.3) is 0 Å². The second kappa shape index (κ2) is 3.47. The van der Waals surface area contributed by atoms with Crippen molar-refractivity contribution in [2.75, 3.05) is 0 Å². The van der Waals surface area contributed by atoms with Gasteiger partial charge in [-0.1, -0.05) is 12.1 Å². The van der Waals surface area contributed by atoms with Gasteiger partial charge in [-0.05, 0) is 30.2 Å². The van der Waals surface area contributed by atoms with E-state index in [1.165, 1.54) is 0 Å². The first-order valence-electron chi connectivity index (χ1n) is 4.25. The Kier molecular flexibility index (Phi) is 2.28. The summed E-state index contributed by atoms with van der Waals surface area (Å²) in [5, 5.41) is 9.37. The Balaban J connectivity index is 2.86. The van der Waals surface area contributed by atoms with Gasteiger partial charge in [0, 0.05) is 5.39 Å². The zero-order chi connectivity index (χ0) is 11.0. The Bertz CT molecular complexity index is 549. The second-order valence-electron chi connectivity index (χ2n) is 3.17. The van der Waals surface area contributed by atoms with Crippen molar-refractivity contribution in [3.63, 3.8) is 0 Å². The van der Waals surface area contributed by atoms with E-state index in [-0.39, 0.29) is 11.0 Å². The number of aryl methyl sites for hydroxylation is 1. The Morgan fingerprint density at radius 3 is 2.80 bits per heavy atom. The van der Waals surface area contributed by atoms with Crippen LogP contribution in [0.3, 0.4) is 0 Å². The number of carboxylic acids is 1. The Morgan fingerprint density at radius 2 is 2.13 bits per heavy atom. The van der Waals surface area contributed by atoms with E-state index in [1.807, 2.05) is 13.0 Å². The molecule has 0 unspecified atom stereocenters. The first-order chi connectivity index (χ1) is 7.08. The van der Waals surface area contributed by atoms with E-state index in [0.29, 0.717) is 10.9 Å². The molecule has 2 rings (SSSR count). The quantitative estimate of drug-likeness (QED) is 0.752. The third-order valence-corrected chi connectivity index (χ3v) is 2.20. The van der Waals surface area contributed by atoms with Gasteiger partial charge in [-0.25, -0.2) is 14.8 Å². The van der Waals surface area contributed by atoms with Crippen molar-refractivity contribution in [2.24, 2.45) is 0 Å². The number of carbonyl (C=O) groups is 1. The molecule has 0 saturated carbocycles. The molecule has 0 bridgehead atoms. The molecule has 15 heavy (non-hydrogen) atoms. The van der Waals surface area contributed by atoms with Crippen LogP contribution in [0.15, 0.2) is 18.2 Å². The molecule has 1 heterocycles. The summed E-state index contributed by atoms with van der Waals surface area (Å²) in [4.78, 5) is 18.6. The zero-order valence-corrected chi connectivity index (χ0v) is 8.62. The van der Waals surface area contributed by atoms with E-state index in [1.54, 1.807) is 12.1 Å². The predicted molar refractivity (Wildman–Crippen MR) is 56.2 cm³/mol. The summed E-state index contributed by atoms with van der Waals surface area (Å²) >= 11 is 5.63. The average Bonchev–Trinajstić information content (AvgIpc) is 2.15. The molecular weight excluding hydrogens is 216 g/mol. The van der Waals surface area contributed by atoms with Gasteiger partial charge in [0.15, 0.2) is 5.69 Å². The van der Waals surface area contributed by atoms with Gasteiger partial charge >= 0.3 is 5.97 Å². The summed E-state index contributed by atoms with van der Waals surface area (Å²) in [6, 6.07) is 5.27. The third kappa shape index (κ3) is 1.76. The van der Waals surface area contributed by atoms with Gasteiger partial charge in [-0.15, -0.1) is 0 Å². The Labute approximate surface area is 90.5 Å². The number of fused-ring (bicyclic) bond motifs is 1. The third-order valence-electron chi connectivity index (χ3n) is 2.03. The summed E-state index contributed by atoms with van der Waals surface area (Å²) in [6.07, 6.45) is 0. The van der Waals surface area contributed by atoms with Crippen molar-refractivity contribution in [2.45, 2.75) is 6.92 Å². The molecule has 1 N–H and O–H groups in total. The van der Waals surface area contributed by atoms with E-state index >= 15 is 0 Å². The van der Waals surface area contributed by atoms with Crippen LogP contribution in [0.25, 0.3) is 10.9 Å². The lowest BCUT2D eigenvalue weighted by atomic mass is 10.1. The van der Waals surface area contributed by atoms with Crippen LogP contribution in [0, 0.1) is 6.92 Å². The number of rotatable bonds is 1. The highest BCUT2D eigenvalue weighted by Gasteiger charge is 2.12. The Morgan fingerprint density at radius 1 is 1.40 bits per heavy atom. The topological polar surface area (TPSA) is 63.1 Å². The van der Waals surface area contributed by atoms with Gasteiger partial charge in [0.1, 0.15) is 0 Å². The van der Waals surface area contributed by atoms with Crippen LogP contribution in [-0.4, -0.2) is 21.0 Å². The lowest BCUT2D eigenvalue weighted by Crippen LogP contribution is -2.03. The summed E-state index contributed by atoms with van der Waals surface area (Å²) in [5.74, 6) is -1.10. The summed E-state index contributed by atoms with van der Waals surface area (Å²) < 4.78 is 0. The van der Waals surface area contributed by atoms with Crippen LogP contribution < -0.4 is 0 Å². The minimum atomic E-state index is -1.10. The van der Waals surface area contributed by atoms with Crippen molar-refractivity contribution >= 4 is 28.5 Å². The molecule has 4 nitrogen and oxygen atoms in total. The molecule has 1 aromatic heterocycles. The summed E-state index contributed by atoms with van der Waals surface area (Å²) in [7, 11) is 0. The summed E-state index contributed by atoms with van der Waals surface area (Å²) in [6.45, 7) is 1.90. The molecule has 0 aliphatic carbocycles. The molecule has 1 aromatic carbocycles. The average molecular weight is 223 g/mol. The molecule has 0 spiro atoms. The predicted octanol–water partition coefficient (Wildman–Crippen LogP) is 2.29. The number of aromatic nitrogens is 2. The fraction of sp³-hybridized carbons (Fsp3) is 0.100. The van der Waals surface area contributed by atoms with E-state index in [4.69, 9.17) is 16.7 Å². The maximum absolute atomic E-state index is 10.9. The molecule has 0 amide bonds. The van der Waals surface area contributed by atoms with E-state index < -0.39 is 5.97 Å². The Hall–Kier alpha value is -1.68. The van der Waals surface area contributed by atoms with Crippen molar-refractivity contribution in [3.8, 4) is 0 Å². The van der Waals surface area contributed by atoms with Gasteiger partial charge in [-0.3, -0.25) is 0 Å². The molecule has 76 valence electrons. The van der Waals surface area contributed by atoms with E-state index in [9.17, 15) is 4.79 Å². The standard InChI is InChI=1S/C10H7ClN2O2/c1-5-2-3-6-7(4-5)12-10(11)13-8(6)9(14)15/h2-4H,1H3,(H,14,15). The molecule has 5 heteroatoms. The maximum Gasteiger partial charge on any atom is 0.355 e. The summed E-state index contributed by atoms with van der Waals surface area (Å²) in [5.41, 5.74) is 1.48. The lowest BCUT2D eigenvalue weighted by Gasteiger charge is -2.02. The molecule has 2 aromatic rings. The van der Waals surface area contributed by atoms with Gasteiger partial charge in [-0.2, -0.15) is 0 Å². The van der Waals surface area contributed by atoms with E-state index in [0.717, 1.165) is 5.56 Å². The molecule has 0 fully saturated rings. The minimum Gasteiger partial charge on any atom is -0.476 e. The van der Waals surface area contributed by atoms with Crippen LogP contribution in [0.1, 0.15) is 16.1 Å².